The maximum absolute atomic E-state index is 5.68. The summed E-state index contributed by atoms with van der Waals surface area (Å²) in [5, 5.41) is 6.72. The smallest absolute Gasteiger partial charge is 0.191 e. The Bertz CT molecular complexity index is 517. The van der Waals surface area contributed by atoms with Gasteiger partial charge in [-0.1, -0.05) is 12.1 Å². The highest BCUT2D eigenvalue weighted by Crippen LogP contribution is 2.13. The summed E-state index contributed by atoms with van der Waals surface area (Å²) in [6.45, 7) is 11.4. The van der Waals surface area contributed by atoms with E-state index in [4.69, 9.17) is 9.47 Å². The van der Waals surface area contributed by atoms with E-state index < -0.39 is 0 Å². The highest BCUT2D eigenvalue weighted by molar-refractivity contribution is 5.79. The fraction of sp³-hybridized carbons (Fsp3) is 0.667. The van der Waals surface area contributed by atoms with Gasteiger partial charge in [0, 0.05) is 39.9 Å². The van der Waals surface area contributed by atoms with Gasteiger partial charge in [-0.2, -0.15) is 0 Å². The number of hydrogen-bond acceptors (Lipinski definition) is 4. The fourth-order valence-electron chi connectivity index (χ4n) is 2.60. The minimum atomic E-state index is 0.204. The van der Waals surface area contributed by atoms with Crippen molar-refractivity contribution in [3.63, 3.8) is 0 Å². The zero-order valence-electron chi connectivity index (χ0n) is 17.8. The summed E-state index contributed by atoms with van der Waals surface area (Å²) < 4.78 is 10.8. The minimum absolute atomic E-state index is 0.204. The SMILES string of the molecule is CCNC(=NCCN(C)CCCOC)NCCc1ccc(OC(C)C)cc1. The van der Waals surface area contributed by atoms with Gasteiger partial charge >= 0.3 is 0 Å². The van der Waals surface area contributed by atoms with Gasteiger partial charge in [-0.25, -0.2) is 0 Å². The topological polar surface area (TPSA) is 58.1 Å². The van der Waals surface area contributed by atoms with E-state index in [-0.39, 0.29) is 6.10 Å². The Morgan fingerprint density at radius 2 is 1.89 bits per heavy atom. The van der Waals surface area contributed by atoms with Crippen LogP contribution >= 0.6 is 0 Å². The Morgan fingerprint density at radius 1 is 1.15 bits per heavy atom. The van der Waals surface area contributed by atoms with E-state index in [0.717, 1.165) is 63.9 Å². The first-order chi connectivity index (χ1) is 13.0. The van der Waals surface area contributed by atoms with E-state index in [9.17, 15) is 0 Å². The van der Waals surface area contributed by atoms with Crippen LogP contribution < -0.4 is 15.4 Å². The van der Waals surface area contributed by atoms with E-state index >= 15 is 0 Å². The lowest BCUT2D eigenvalue weighted by molar-refractivity contribution is 0.180. The molecule has 0 spiro atoms. The summed E-state index contributed by atoms with van der Waals surface area (Å²) in [4.78, 5) is 6.95. The molecule has 2 N–H and O–H groups in total. The molecule has 0 atom stereocenters. The second-order valence-electron chi connectivity index (χ2n) is 6.90. The lowest BCUT2D eigenvalue weighted by Gasteiger charge is -2.16. The first-order valence-corrected chi connectivity index (χ1v) is 10.0. The molecule has 154 valence electrons. The number of rotatable bonds is 13. The van der Waals surface area contributed by atoms with Gasteiger partial charge in [0.2, 0.25) is 0 Å². The molecule has 1 aromatic carbocycles. The molecule has 0 aliphatic carbocycles. The second kappa shape index (κ2) is 14.3. The summed E-state index contributed by atoms with van der Waals surface area (Å²) in [6.07, 6.45) is 2.20. The summed E-state index contributed by atoms with van der Waals surface area (Å²) in [5.41, 5.74) is 1.28. The molecule has 0 aromatic heterocycles. The van der Waals surface area contributed by atoms with Crippen molar-refractivity contribution in [3.8, 4) is 5.75 Å². The predicted octanol–water partition coefficient (Wildman–Crippen LogP) is 2.54. The van der Waals surface area contributed by atoms with Crippen LogP contribution in [0.15, 0.2) is 29.3 Å². The zero-order valence-corrected chi connectivity index (χ0v) is 17.8. The number of likely N-dealkylation sites (N-methyl/N-ethyl adjacent to an activating group) is 1. The Balaban J connectivity index is 2.34. The van der Waals surface area contributed by atoms with Crippen LogP contribution in [0, 0.1) is 0 Å². The van der Waals surface area contributed by atoms with Crippen LogP contribution in [0.5, 0.6) is 5.75 Å². The molecular formula is C21H38N4O2. The number of nitrogens with one attached hydrogen (secondary N) is 2. The Hall–Kier alpha value is -1.79. The van der Waals surface area contributed by atoms with E-state index in [0.29, 0.717) is 0 Å². The molecular weight excluding hydrogens is 340 g/mol. The molecule has 1 rings (SSSR count). The average molecular weight is 379 g/mol. The highest BCUT2D eigenvalue weighted by atomic mass is 16.5. The van der Waals surface area contributed by atoms with Gasteiger partial charge in [0.15, 0.2) is 5.96 Å². The van der Waals surface area contributed by atoms with Crippen molar-refractivity contribution in [2.24, 2.45) is 4.99 Å². The van der Waals surface area contributed by atoms with E-state index in [1.165, 1.54) is 5.56 Å². The third-order valence-corrected chi connectivity index (χ3v) is 3.99. The van der Waals surface area contributed by atoms with Crippen LogP contribution in [0.25, 0.3) is 0 Å². The second-order valence-corrected chi connectivity index (χ2v) is 6.90. The molecule has 0 radical (unpaired) electrons. The maximum Gasteiger partial charge on any atom is 0.191 e. The Kier molecular flexibility index (Phi) is 12.3. The minimum Gasteiger partial charge on any atom is -0.491 e. The van der Waals surface area contributed by atoms with Crippen LogP contribution in [-0.2, 0) is 11.2 Å². The first-order valence-electron chi connectivity index (χ1n) is 10.0. The van der Waals surface area contributed by atoms with Crippen molar-refractivity contribution in [1.29, 1.82) is 0 Å². The number of guanidine groups is 1. The molecule has 6 heteroatoms. The lowest BCUT2D eigenvalue weighted by Crippen LogP contribution is -2.39. The molecule has 0 saturated carbocycles. The van der Waals surface area contributed by atoms with Gasteiger partial charge in [0.05, 0.1) is 12.6 Å². The molecule has 1 aromatic rings. The molecule has 0 heterocycles. The number of nitrogens with zero attached hydrogens (tertiary/aromatic N) is 2. The van der Waals surface area contributed by atoms with Crippen LogP contribution in [0.1, 0.15) is 32.8 Å². The number of benzene rings is 1. The molecule has 6 nitrogen and oxygen atoms in total. The molecule has 27 heavy (non-hydrogen) atoms. The summed E-state index contributed by atoms with van der Waals surface area (Å²) in [6, 6.07) is 8.32. The van der Waals surface area contributed by atoms with Gasteiger partial charge < -0.3 is 25.0 Å². The zero-order chi connectivity index (χ0) is 19.9. The lowest BCUT2D eigenvalue weighted by atomic mass is 10.1. The fourth-order valence-corrected chi connectivity index (χ4v) is 2.60. The normalized spacial score (nSPS) is 11.9. The van der Waals surface area contributed by atoms with Crippen molar-refractivity contribution in [2.45, 2.75) is 39.7 Å². The molecule has 0 saturated heterocycles. The molecule has 0 aliphatic rings. The molecule has 0 bridgehead atoms. The number of methoxy groups -OCH3 is 1. The van der Waals surface area contributed by atoms with Crippen LogP contribution in [0.3, 0.4) is 0 Å². The quantitative estimate of drug-likeness (QED) is 0.314. The van der Waals surface area contributed by atoms with Crippen LogP contribution in [0.4, 0.5) is 0 Å². The van der Waals surface area contributed by atoms with Crippen molar-refractivity contribution < 1.29 is 9.47 Å². The molecule has 0 unspecified atom stereocenters. The summed E-state index contributed by atoms with van der Waals surface area (Å²) in [5.74, 6) is 1.80. The van der Waals surface area contributed by atoms with E-state index in [1.54, 1.807) is 7.11 Å². The average Bonchev–Trinajstić information content (AvgIpc) is 2.63. The van der Waals surface area contributed by atoms with Crippen LogP contribution in [0.2, 0.25) is 0 Å². The number of ether oxygens (including phenoxy) is 2. The van der Waals surface area contributed by atoms with Crippen molar-refractivity contribution in [1.82, 2.24) is 15.5 Å². The summed E-state index contributed by atoms with van der Waals surface area (Å²) in [7, 11) is 3.87. The van der Waals surface area contributed by atoms with Crippen molar-refractivity contribution >= 4 is 5.96 Å². The monoisotopic (exact) mass is 378 g/mol. The van der Waals surface area contributed by atoms with Gasteiger partial charge in [0.1, 0.15) is 5.75 Å². The standard InChI is InChI=1S/C21H38N4O2/c1-6-22-21(24-14-16-25(4)15-7-17-26-5)23-13-12-19-8-10-20(11-9-19)27-18(2)3/h8-11,18H,6-7,12-17H2,1-5H3,(H2,22,23,24). The summed E-state index contributed by atoms with van der Waals surface area (Å²) >= 11 is 0. The van der Waals surface area contributed by atoms with Crippen LogP contribution in [-0.4, -0.2) is 70.5 Å². The van der Waals surface area contributed by atoms with E-state index in [2.05, 4.69) is 46.6 Å². The van der Waals surface area contributed by atoms with Gasteiger partial charge in [0.25, 0.3) is 0 Å². The number of aliphatic imine (C=N–C) groups is 1. The Morgan fingerprint density at radius 3 is 2.52 bits per heavy atom. The first kappa shape index (κ1) is 23.2. The highest BCUT2D eigenvalue weighted by Gasteiger charge is 2.01. The number of hydrogen-bond donors (Lipinski definition) is 2. The molecule has 0 fully saturated rings. The Labute approximate surface area is 165 Å². The van der Waals surface area contributed by atoms with Crippen molar-refractivity contribution in [3.05, 3.63) is 29.8 Å². The van der Waals surface area contributed by atoms with Crippen molar-refractivity contribution in [2.75, 3.05) is 53.5 Å². The third-order valence-electron chi connectivity index (χ3n) is 3.99. The molecule has 0 amide bonds. The van der Waals surface area contributed by atoms with Gasteiger partial charge in [-0.05, 0) is 58.4 Å². The third kappa shape index (κ3) is 11.5. The predicted molar refractivity (Wildman–Crippen MR) is 114 cm³/mol. The van der Waals surface area contributed by atoms with E-state index in [1.807, 2.05) is 26.0 Å². The maximum atomic E-state index is 5.68. The van der Waals surface area contributed by atoms with Gasteiger partial charge in [-0.3, -0.25) is 4.99 Å². The largest absolute Gasteiger partial charge is 0.491 e. The molecule has 0 aliphatic heterocycles. The van der Waals surface area contributed by atoms with Gasteiger partial charge in [-0.15, -0.1) is 0 Å².